The summed E-state index contributed by atoms with van der Waals surface area (Å²) in [5.41, 5.74) is 1.56. The van der Waals surface area contributed by atoms with Gasteiger partial charge in [-0.15, -0.1) is 0 Å². The number of anilines is 1. The number of nitrogens with zero attached hydrogens (tertiary/aromatic N) is 1. The first kappa shape index (κ1) is 16.2. The fraction of sp³-hybridized carbons (Fsp3) is 0.118. The first-order chi connectivity index (χ1) is 11.1. The molecule has 0 saturated carbocycles. The summed E-state index contributed by atoms with van der Waals surface area (Å²) in [5, 5.41) is 16.6. The van der Waals surface area contributed by atoms with E-state index in [1.165, 1.54) is 13.1 Å². The van der Waals surface area contributed by atoms with Gasteiger partial charge in [-0.3, -0.25) is 14.9 Å². The number of benzene rings is 2. The van der Waals surface area contributed by atoms with Crippen LogP contribution < -0.4 is 10.6 Å². The average molecular weight is 311 g/mol. The molecule has 0 aliphatic rings. The minimum absolute atomic E-state index is 0.126. The zero-order valence-corrected chi connectivity index (χ0v) is 12.7. The largest absolute Gasteiger partial charge is 0.376 e. The number of carbonyl (C=O) groups excluding carboxylic acids is 1. The lowest BCUT2D eigenvalue weighted by atomic mass is 10.1. The van der Waals surface area contributed by atoms with Crippen LogP contribution in [0.25, 0.3) is 6.08 Å². The van der Waals surface area contributed by atoms with Crippen LogP contribution in [0, 0.1) is 10.1 Å². The normalized spacial score (nSPS) is 10.5. The zero-order valence-electron chi connectivity index (χ0n) is 12.7. The molecule has 0 aliphatic heterocycles. The van der Waals surface area contributed by atoms with Crippen LogP contribution in [0.1, 0.15) is 15.9 Å². The number of hydrogen-bond donors (Lipinski definition) is 2. The van der Waals surface area contributed by atoms with Gasteiger partial charge in [-0.25, -0.2) is 0 Å². The Morgan fingerprint density at radius 3 is 2.61 bits per heavy atom. The average Bonchev–Trinajstić information content (AvgIpc) is 2.58. The predicted molar refractivity (Wildman–Crippen MR) is 90.5 cm³/mol. The second kappa shape index (κ2) is 7.74. The van der Waals surface area contributed by atoms with Crippen molar-refractivity contribution in [2.24, 2.45) is 0 Å². The molecule has 0 aromatic heterocycles. The lowest BCUT2D eigenvalue weighted by Crippen LogP contribution is -2.18. The van der Waals surface area contributed by atoms with Crippen molar-refractivity contribution in [3.8, 4) is 0 Å². The Kier molecular flexibility index (Phi) is 5.46. The zero-order chi connectivity index (χ0) is 16.7. The van der Waals surface area contributed by atoms with E-state index in [0.717, 1.165) is 5.56 Å². The van der Waals surface area contributed by atoms with Crippen molar-refractivity contribution in [2.45, 2.75) is 0 Å². The lowest BCUT2D eigenvalue weighted by molar-refractivity contribution is -0.384. The van der Waals surface area contributed by atoms with E-state index in [-0.39, 0.29) is 17.2 Å². The molecule has 0 bridgehead atoms. The summed E-state index contributed by atoms with van der Waals surface area (Å²) in [6.07, 6.45) is 3.81. The summed E-state index contributed by atoms with van der Waals surface area (Å²) >= 11 is 0. The molecule has 2 aromatic carbocycles. The van der Waals surface area contributed by atoms with Gasteiger partial charge in [0, 0.05) is 25.2 Å². The van der Waals surface area contributed by atoms with Gasteiger partial charge in [-0.05, 0) is 17.7 Å². The molecule has 0 fully saturated rings. The topological polar surface area (TPSA) is 84.3 Å². The second-order valence-corrected chi connectivity index (χ2v) is 4.76. The monoisotopic (exact) mass is 311 g/mol. The fourth-order valence-corrected chi connectivity index (χ4v) is 2.05. The van der Waals surface area contributed by atoms with Gasteiger partial charge >= 0.3 is 0 Å². The van der Waals surface area contributed by atoms with Crippen molar-refractivity contribution >= 4 is 23.4 Å². The third-order valence-corrected chi connectivity index (χ3v) is 3.20. The number of carbonyl (C=O) groups is 1. The Hall–Kier alpha value is -3.15. The van der Waals surface area contributed by atoms with Crippen LogP contribution in [-0.4, -0.2) is 24.4 Å². The van der Waals surface area contributed by atoms with Gasteiger partial charge in [-0.2, -0.15) is 0 Å². The fourth-order valence-electron chi connectivity index (χ4n) is 2.05. The Morgan fingerprint density at radius 1 is 1.22 bits per heavy atom. The molecule has 2 rings (SSSR count). The van der Waals surface area contributed by atoms with E-state index in [4.69, 9.17) is 0 Å². The number of nitro benzene ring substituents is 1. The Bertz CT molecular complexity index is 727. The highest BCUT2D eigenvalue weighted by Gasteiger charge is 2.16. The molecule has 2 aromatic rings. The molecule has 0 unspecified atom stereocenters. The van der Waals surface area contributed by atoms with Crippen molar-refractivity contribution in [2.75, 3.05) is 18.9 Å². The molecule has 1 amide bonds. The van der Waals surface area contributed by atoms with Gasteiger partial charge in [0.2, 0.25) is 0 Å². The summed E-state index contributed by atoms with van der Waals surface area (Å²) in [6, 6.07) is 14.1. The van der Waals surface area contributed by atoms with Crippen LogP contribution in [0.4, 0.5) is 11.4 Å². The van der Waals surface area contributed by atoms with E-state index in [1.54, 1.807) is 12.1 Å². The first-order valence-electron chi connectivity index (χ1n) is 7.08. The molecule has 0 heterocycles. The van der Waals surface area contributed by atoms with E-state index in [0.29, 0.717) is 12.2 Å². The Labute approximate surface area is 134 Å². The quantitative estimate of drug-likeness (QED) is 0.634. The van der Waals surface area contributed by atoms with Gasteiger partial charge in [0.15, 0.2) is 0 Å². The van der Waals surface area contributed by atoms with Gasteiger partial charge in [0.1, 0.15) is 5.69 Å². The summed E-state index contributed by atoms with van der Waals surface area (Å²) in [4.78, 5) is 22.2. The van der Waals surface area contributed by atoms with E-state index in [1.807, 2.05) is 42.5 Å². The highest BCUT2D eigenvalue weighted by molar-refractivity contribution is 5.95. The Morgan fingerprint density at radius 2 is 1.96 bits per heavy atom. The Balaban J connectivity index is 2.08. The molecular formula is C17H17N3O3. The number of nitrogens with one attached hydrogen (secondary N) is 2. The van der Waals surface area contributed by atoms with E-state index >= 15 is 0 Å². The van der Waals surface area contributed by atoms with Crippen LogP contribution >= 0.6 is 0 Å². The van der Waals surface area contributed by atoms with E-state index in [2.05, 4.69) is 10.6 Å². The van der Waals surface area contributed by atoms with Gasteiger partial charge in [-0.1, -0.05) is 42.5 Å². The summed E-state index contributed by atoms with van der Waals surface area (Å²) in [5.74, 6) is -0.358. The van der Waals surface area contributed by atoms with Crippen LogP contribution in [0.2, 0.25) is 0 Å². The molecule has 2 N–H and O–H groups in total. The first-order valence-corrected chi connectivity index (χ1v) is 7.08. The predicted octanol–water partition coefficient (Wildman–Crippen LogP) is 3.08. The van der Waals surface area contributed by atoms with Crippen LogP contribution in [0.5, 0.6) is 0 Å². The maximum absolute atomic E-state index is 11.6. The molecular weight excluding hydrogens is 294 g/mol. The number of rotatable bonds is 6. The molecule has 0 saturated heterocycles. The molecule has 23 heavy (non-hydrogen) atoms. The number of amides is 1. The summed E-state index contributed by atoms with van der Waals surface area (Å²) in [6.45, 7) is 0.440. The maximum Gasteiger partial charge on any atom is 0.293 e. The molecule has 118 valence electrons. The molecule has 6 heteroatoms. The van der Waals surface area contributed by atoms with E-state index in [9.17, 15) is 14.9 Å². The third kappa shape index (κ3) is 4.41. The van der Waals surface area contributed by atoms with Crippen molar-refractivity contribution in [3.05, 3.63) is 75.8 Å². The minimum Gasteiger partial charge on any atom is -0.376 e. The molecule has 0 aliphatic carbocycles. The van der Waals surface area contributed by atoms with E-state index < -0.39 is 4.92 Å². The standard InChI is InChI=1S/C17H17N3O3/c1-18-17(21)14-9-10-15(16(12-14)20(22)23)19-11-5-8-13-6-3-2-4-7-13/h2-10,12,19H,11H2,1H3,(H,18,21)/b8-5+. The number of hydrogen-bond acceptors (Lipinski definition) is 4. The molecule has 6 nitrogen and oxygen atoms in total. The summed E-state index contributed by atoms with van der Waals surface area (Å²) in [7, 11) is 1.48. The van der Waals surface area contributed by atoms with Gasteiger partial charge in [0.05, 0.1) is 4.92 Å². The van der Waals surface area contributed by atoms with Crippen LogP contribution in [-0.2, 0) is 0 Å². The molecule has 0 radical (unpaired) electrons. The van der Waals surface area contributed by atoms with Crippen molar-refractivity contribution in [1.29, 1.82) is 0 Å². The second-order valence-electron chi connectivity index (χ2n) is 4.76. The molecule has 0 atom stereocenters. The molecule has 0 spiro atoms. The summed E-state index contributed by atoms with van der Waals surface area (Å²) < 4.78 is 0. The number of nitro groups is 1. The van der Waals surface area contributed by atoms with Crippen molar-refractivity contribution in [1.82, 2.24) is 5.32 Å². The van der Waals surface area contributed by atoms with Crippen LogP contribution in [0.3, 0.4) is 0 Å². The minimum atomic E-state index is -0.504. The lowest BCUT2D eigenvalue weighted by Gasteiger charge is -2.06. The highest BCUT2D eigenvalue weighted by Crippen LogP contribution is 2.25. The van der Waals surface area contributed by atoms with Crippen molar-refractivity contribution < 1.29 is 9.72 Å². The van der Waals surface area contributed by atoms with Crippen molar-refractivity contribution in [3.63, 3.8) is 0 Å². The maximum atomic E-state index is 11.6. The van der Waals surface area contributed by atoms with Crippen LogP contribution in [0.15, 0.2) is 54.6 Å². The third-order valence-electron chi connectivity index (χ3n) is 3.20. The smallest absolute Gasteiger partial charge is 0.293 e. The van der Waals surface area contributed by atoms with Gasteiger partial charge in [0.25, 0.3) is 11.6 Å². The highest BCUT2D eigenvalue weighted by atomic mass is 16.6. The SMILES string of the molecule is CNC(=O)c1ccc(NC/C=C/c2ccccc2)c([N+](=O)[O-])c1. The van der Waals surface area contributed by atoms with Gasteiger partial charge < -0.3 is 10.6 Å².